The maximum absolute atomic E-state index is 12.7. The molecule has 0 spiro atoms. The summed E-state index contributed by atoms with van der Waals surface area (Å²) in [6, 6.07) is 21.1. The molecule has 34 heavy (non-hydrogen) atoms. The Morgan fingerprint density at radius 1 is 0.971 bits per heavy atom. The fraction of sp³-hybridized carbons (Fsp3) is 0.286. The van der Waals surface area contributed by atoms with Crippen molar-refractivity contribution in [1.29, 1.82) is 0 Å². The molecule has 0 radical (unpaired) electrons. The Morgan fingerprint density at radius 2 is 1.71 bits per heavy atom. The minimum Gasteiger partial charge on any atom is -0.490 e. The van der Waals surface area contributed by atoms with E-state index in [4.69, 9.17) is 14.2 Å². The summed E-state index contributed by atoms with van der Waals surface area (Å²) in [7, 11) is 1.37. The van der Waals surface area contributed by atoms with E-state index in [1.807, 2.05) is 57.2 Å². The van der Waals surface area contributed by atoms with E-state index >= 15 is 0 Å². The van der Waals surface area contributed by atoms with E-state index in [2.05, 4.69) is 17.0 Å². The van der Waals surface area contributed by atoms with Crippen molar-refractivity contribution < 1.29 is 23.8 Å². The van der Waals surface area contributed by atoms with Crippen molar-refractivity contribution in [2.75, 3.05) is 25.2 Å². The molecule has 1 heterocycles. The van der Waals surface area contributed by atoms with Crippen LogP contribution in [0.4, 0.5) is 5.69 Å². The second-order valence-corrected chi connectivity index (χ2v) is 9.19. The minimum atomic E-state index is -0.555. The SMILES string of the molecule is COC(=O)c1ccc2c(c1)OCCN2Cc1ccc(-c2ccccc2C(=O)OC(C)(C)C)cc1. The zero-order valence-corrected chi connectivity index (χ0v) is 20.0. The van der Waals surface area contributed by atoms with Gasteiger partial charge >= 0.3 is 11.9 Å². The third-order valence-corrected chi connectivity index (χ3v) is 5.52. The molecule has 0 fully saturated rings. The summed E-state index contributed by atoms with van der Waals surface area (Å²) in [5, 5.41) is 0. The van der Waals surface area contributed by atoms with E-state index in [1.165, 1.54) is 7.11 Å². The van der Waals surface area contributed by atoms with Crippen molar-refractivity contribution in [2.45, 2.75) is 32.9 Å². The molecule has 0 saturated heterocycles. The highest BCUT2D eigenvalue weighted by atomic mass is 16.6. The standard InChI is InChI=1S/C28H29NO5/c1-28(2,3)34-27(31)23-8-6-5-7-22(23)20-11-9-19(10-12-20)18-29-15-16-33-25-17-21(26(30)32-4)13-14-24(25)29/h5-14,17H,15-16,18H2,1-4H3. The fourth-order valence-corrected chi connectivity index (χ4v) is 3.94. The van der Waals surface area contributed by atoms with Gasteiger partial charge in [0.25, 0.3) is 0 Å². The van der Waals surface area contributed by atoms with E-state index in [1.54, 1.807) is 18.2 Å². The molecule has 1 aliphatic rings. The van der Waals surface area contributed by atoms with E-state index in [9.17, 15) is 9.59 Å². The second-order valence-electron chi connectivity index (χ2n) is 9.19. The largest absolute Gasteiger partial charge is 0.490 e. The Morgan fingerprint density at radius 3 is 2.41 bits per heavy atom. The lowest BCUT2D eigenvalue weighted by molar-refractivity contribution is 0.00702. The number of hydrogen-bond acceptors (Lipinski definition) is 6. The van der Waals surface area contributed by atoms with Crippen LogP contribution in [0.2, 0.25) is 0 Å². The monoisotopic (exact) mass is 459 g/mol. The maximum atomic E-state index is 12.7. The summed E-state index contributed by atoms with van der Waals surface area (Å²) >= 11 is 0. The van der Waals surface area contributed by atoms with Crippen LogP contribution in [0, 0.1) is 0 Å². The first-order valence-electron chi connectivity index (χ1n) is 11.3. The van der Waals surface area contributed by atoms with Gasteiger partial charge in [-0.25, -0.2) is 9.59 Å². The summed E-state index contributed by atoms with van der Waals surface area (Å²) in [6.45, 7) is 7.57. The molecule has 0 atom stereocenters. The van der Waals surface area contributed by atoms with Gasteiger partial charge in [-0.05, 0) is 61.7 Å². The van der Waals surface area contributed by atoms with Crippen LogP contribution in [0.3, 0.4) is 0 Å². The molecule has 0 bridgehead atoms. The summed E-state index contributed by atoms with van der Waals surface area (Å²) in [5.74, 6) is -0.0359. The van der Waals surface area contributed by atoms with Crippen molar-refractivity contribution in [2.24, 2.45) is 0 Å². The first kappa shape index (κ1) is 23.4. The highest BCUT2D eigenvalue weighted by molar-refractivity contribution is 5.97. The van der Waals surface area contributed by atoms with Crippen LogP contribution >= 0.6 is 0 Å². The molecule has 0 unspecified atom stereocenters. The summed E-state index contributed by atoms with van der Waals surface area (Å²) in [6.07, 6.45) is 0. The Labute approximate surface area is 200 Å². The van der Waals surface area contributed by atoms with Crippen LogP contribution in [0.25, 0.3) is 11.1 Å². The Balaban J connectivity index is 1.53. The molecule has 0 amide bonds. The normalized spacial score (nSPS) is 13.0. The third kappa shape index (κ3) is 5.22. The summed E-state index contributed by atoms with van der Waals surface area (Å²) in [4.78, 5) is 26.8. The van der Waals surface area contributed by atoms with Crippen molar-refractivity contribution in [1.82, 2.24) is 0 Å². The fourth-order valence-electron chi connectivity index (χ4n) is 3.94. The van der Waals surface area contributed by atoms with Gasteiger partial charge in [-0.2, -0.15) is 0 Å². The molecule has 0 aromatic heterocycles. The van der Waals surface area contributed by atoms with E-state index in [0.29, 0.717) is 30.0 Å². The van der Waals surface area contributed by atoms with Crippen molar-refractivity contribution >= 4 is 17.6 Å². The van der Waals surface area contributed by atoms with Gasteiger partial charge in [-0.3, -0.25) is 0 Å². The molecular weight excluding hydrogens is 430 g/mol. The zero-order valence-electron chi connectivity index (χ0n) is 20.0. The first-order valence-corrected chi connectivity index (χ1v) is 11.3. The molecule has 3 aromatic rings. The lowest BCUT2D eigenvalue weighted by atomic mass is 9.98. The van der Waals surface area contributed by atoms with E-state index < -0.39 is 5.60 Å². The van der Waals surface area contributed by atoms with Crippen molar-refractivity contribution in [3.8, 4) is 16.9 Å². The molecular formula is C28H29NO5. The summed E-state index contributed by atoms with van der Waals surface area (Å²) < 4.78 is 16.2. The van der Waals surface area contributed by atoms with Crippen LogP contribution in [-0.4, -0.2) is 37.8 Å². The third-order valence-electron chi connectivity index (χ3n) is 5.52. The number of benzene rings is 3. The minimum absolute atomic E-state index is 0.330. The van der Waals surface area contributed by atoms with Gasteiger partial charge in [-0.15, -0.1) is 0 Å². The highest BCUT2D eigenvalue weighted by Gasteiger charge is 2.22. The predicted octanol–water partition coefficient (Wildman–Crippen LogP) is 5.49. The van der Waals surface area contributed by atoms with Gasteiger partial charge in [-0.1, -0.05) is 42.5 Å². The van der Waals surface area contributed by atoms with Crippen LogP contribution in [-0.2, 0) is 16.0 Å². The second kappa shape index (κ2) is 9.59. The molecule has 6 nitrogen and oxygen atoms in total. The lowest BCUT2D eigenvalue weighted by Gasteiger charge is -2.31. The number of methoxy groups -OCH3 is 1. The molecule has 3 aromatic carbocycles. The maximum Gasteiger partial charge on any atom is 0.339 e. The molecule has 0 N–H and O–H groups in total. The van der Waals surface area contributed by atoms with Gasteiger partial charge in [0.15, 0.2) is 0 Å². The average Bonchev–Trinajstić information content (AvgIpc) is 2.83. The Hall–Kier alpha value is -3.80. The van der Waals surface area contributed by atoms with E-state index in [0.717, 1.165) is 28.9 Å². The van der Waals surface area contributed by atoms with Gasteiger partial charge in [0, 0.05) is 6.54 Å². The highest BCUT2D eigenvalue weighted by Crippen LogP contribution is 2.34. The Bertz CT molecular complexity index is 1190. The topological polar surface area (TPSA) is 65.1 Å². The summed E-state index contributed by atoms with van der Waals surface area (Å²) in [5.41, 5.74) is 4.33. The number of rotatable bonds is 5. The van der Waals surface area contributed by atoms with Gasteiger partial charge in [0.05, 0.1) is 30.5 Å². The molecule has 6 heteroatoms. The smallest absolute Gasteiger partial charge is 0.339 e. The molecule has 4 rings (SSSR count). The average molecular weight is 460 g/mol. The zero-order chi connectivity index (χ0) is 24.3. The predicted molar refractivity (Wildman–Crippen MR) is 131 cm³/mol. The first-order chi connectivity index (χ1) is 16.2. The number of hydrogen-bond donors (Lipinski definition) is 0. The lowest BCUT2D eigenvalue weighted by Crippen LogP contribution is -2.32. The van der Waals surface area contributed by atoms with E-state index in [-0.39, 0.29) is 11.9 Å². The van der Waals surface area contributed by atoms with Gasteiger partial charge in [0.1, 0.15) is 18.0 Å². The molecule has 176 valence electrons. The quantitative estimate of drug-likeness (QED) is 0.470. The van der Waals surface area contributed by atoms with Crippen LogP contribution in [0.15, 0.2) is 66.7 Å². The van der Waals surface area contributed by atoms with Crippen molar-refractivity contribution in [3.05, 3.63) is 83.4 Å². The number of nitrogens with zero attached hydrogens (tertiary/aromatic N) is 1. The molecule has 0 aliphatic carbocycles. The van der Waals surface area contributed by atoms with Crippen LogP contribution < -0.4 is 9.64 Å². The van der Waals surface area contributed by atoms with Crippen LogP contribution in [0.1, 0.15) is 47.1 Å². The Kier molecular flexibility index (Phi) is 6.59. The van der Waals surface area contributed by atoms with Gasteiger partial charge < -0.3 is 19.1 Å². The van der Waals surface area contributed by atoms with Crippen molar-refractivity contribution in [3.63, 3.8) is 0 Å². The molecule has 1 aliphatic heterocycles. The number of esters is 2. The van der Waals surface area contributed by atoms with Gasteiger partial charge in [0.2, 0.25) is 0 Å². The number of anilines is 1. The number of ether oxygens (including phenoxy) is 3. The number of fused-ring (bicyclic) bond motifs is 1. The number of carbonyl (C=O) groups is 2. The number of carbonyl (C=O) groups excluding carboxylic acids is 2. The molecule has 0 saturated carbocycles. The van der Waals surface area contributed by atoms with Crippen LogP contribution in [0.5, 0.6) is 5.75 Å².